The molecule has 2 amide bonds. The fourth-order valence-electron chi connectivity index (χ4n) is 3.87. The third kappa shape index (κ3) is 4.12. The van der Waals surface area contributed by atoms with Crippen LogP contribution >= 0.6 is 0 Å². The smallest absolute Gasteiger partial charge is 0.248 e. The van der Waals surface area contributed by atoms with Gasteiger partial charge in [0.05, 0.1) is 6.20 Å². The van der Waals surface area contributed by atoms with E-state index in [1.54, 1.807) is 23.2 Å². The van der Waals surface area contributed by atoms with Gasteiger partial charge in [0.25, 0.3) is 0 Å². The highest BCUT2D eigenvalue weighted by atomic mass is 16.2. The third-order valence-corrected chi connectivity index (χ3v) is 5.56. The minimum atomic E-state index is -0.464. The van der Waals surface area contributed by atoms with Gasteiger partial charge in [-0.15, -0.1) is 0 Å². The Kier molecular flexibility index (Phi) is 5.77. The molecule has 0 atom stereocenters. The number of carbonyl (C=O) groups excluding carboxylic acids is 2. The summed E-state index contributed by atoms with van der Waals surface area (Å²) in [5.41, 5.74) is 10.2. The molecule has 4 rings (SSSR count). The van der Waals surface area contributed by atoms with Crippen molar-refractivity contribution in [1.82, 2.24) is 9.97 Å². The molecular weight excluding hydrogens is 404 g/mol. The van der Waals surface area contributed by atoms with Gasteiger partial charge in [-0.3, -0.25) is 9.59 Å². The summed E-state index contributed by atoms with van der Waals surface area (Å²) in [5.74, 6) is 0.653. The lowest BCUT2D eigenvalue weighted by Crippen LogP contribution is -2.30. The minimum Gasteiger partial charge on any atom is -0.366 e. The first kappa shape index (κ1) is 21.3. The number of rotatable bonds is 5. The van der Waals surface area contributed by atoms with Gasteiger partial charge in [-0.1, -0.05) is 17.7 Å². The number of aryl methyl sites for hydroxylation is 2. The number of nitrogens with zero attached hydrogens (tertiary/aromatic N) is 4. The topological polar surface area (TPSA) is 104 Å². The summed E-state index contributed by atoms with van der Waals surface area (Å²) in [6.45, 7) is 6.87. The van der Waals surface area contributed by atoms with Crippen molar-refractivity contribution in [3.8, 4) is 0 Å². The number of aromatic nitrogens is 2. The molecule has 3 aromatic rings. The molecule has 3 N–H and O–H groups in total. The van der Waals surface area contributed by atoms with Gasteiger partial charge in [-0.25, -0.2) is 4.98 Å². The van der Waals surface area contributed by atoms with Crippen molar-refractivity contribution in [3.05, 3.63) is 65.4 Å². The molecule has 0 bridgehead atoms. The summed E-state index contributed by atoms with van der Waals surface area (Å²) in [6.07, 6.45) is 2.07. The number of nitrogens with one attached hydrogen (secondary N) is 1. The normalized spacial score (nSPS) is 13.5. The third-order valence-electron chi connectivity index (χ3n) is 5.56. The van der Waals surface area contributed by atoms with E-state index in [0.29, 0.717) is 42.5 Å². The fourth-order valence-corrected chi connectivity index (χ4v) is 3.87. The Hall–Kier alpha value is -3.94. The standard InChI is InChI=1S/C24H26N6O2/c1-4-29-20-14-26-24(27-17-7-10-19(22(25)32)16(3)13-17)28-23(20)30(12-11-21(29)31)18-8-5-15(2)6-9-18/h5-10,13-14H,4,11-12H2,1-3H3,(H2,25,32)(H,26,27,28). The maximum Gasteiger partial charge on any atom is 0.248 e. The lowest BCUT2D eigenvalue weighted by molar-refractivity contribution is -0.118. The maximum atomic E-state index is 12.7. The van der Waals surface area contributed by atoms with Gasteiger partial charge in [-0.2, -0.15) is 4.98 Å². The van der Waals surface area contributed by atoms with Crippen LogP contribution in [0.3, 0.4) is 0 Å². The summed E-state index contributed by atoms with van der Waals surface area (Å²) in [4.78, 5) is 37.2. The fraction of sp³-hybridized carbons (Fsp3) is 0.250. The van der Waals surface area contributed by atoms with Crippen LogP contribution in [0, 0.1) is 13.8 Å². The van der Waals surface area contributed by atoms with E-state index in [0.717, 1.165) is 22.5 Å². The lowest BCUT2D eigenvalue weighted by Gasteiger charge is -2.25. The second-order valence-corrected chi connectivity index (χ2v) is 7.80. The van der Waals surface area contributed by atoms with Gasteiger partial charge in [0.2, 0.25) is 17.8 Å². The van der Waals surface area contributed by atoms with Crippen LogP contribution in [-0.2, 0) is 4.79 Å². The Balaban J connectivity index is 1.75. The lowest BCUT2D eigenvalue weighted by atomic mass is 10.1. The maximum absolute atomic E-state index is 12.7. The Morgan fingerprint density at radius 2 is 1.91 bits per heavy atom. The highest BCUT2D eigenvalue weighted by Gasteiger charge is 2.28. The average Bonchev–Trinajstić information content (AvgIpc) is 2.90. The summed E-state index contributed by atoms with van der Waals surface area (Å²) in [5, 5.41) is 3.20. The van der Waals surface area contributed by atoms with Crippen molar-refractivity contribution in [2.45, 2.75) is 27.2 Å². The van der Waals surface area contributed by atoms with Crippen LogP contribution in [0.1, 0.15) is 34.8 Å². The number of hydrogen-bond acceptors (Lipinski definition) is 6. The molecule has 1 aliphatic heterocycles. The van der Waals surface area contributed by atoms with E-state index in [1.165, 1.54) is 0 Å². The van der Waals surface area contributed by atoms with Gasteiger partial charge in [0, 0.05) is 36.4 Å². The van der Waals surface area contributed by atoms with Gasteiger partial charge < -0.3 is 20.9 Å². The van der Waals surface area contributed by atoms with Crippen molar-refractivity contribution in [3.63, 3.8) is 0 Å². The Morgan fingerprint density at radius 1 is 1.16 bits per heavy atom. The zero-order chi connectivity index (χ0) is 22.8. The Bertz CT molecular complexity index is 1180. The zero-order valence-corrected chi connectivity index (χ0v) is 18.4. The van der Waals surface area contributed by atoms with E-state index in [4.69, 9.17) is 10.7 Å². The number of carbonyl (C=O) groups is 2. The van der Waals surface area contributed by atoms with Crippen LogP contribution in [0.5, 0.6) is 0 Å². The summed E-state index contributed by atoms with van der Waals surface area (Å²) in [7, 11) is 0. The van der Waals surface area contributed by atoms with Gasteiger partial charge >= 0.3 is 0 Å². The molecule has 0 saturated heterocycles. The van der Waals surface area contributed by atoms with Crippen LogP contribution in [0.15, 0.2) is 48.7 Å². The molecule has 164 valence electrons. The SMILES string of the molecule is CCN1C(=O)CCN(c2ccc(C)cc2)c2nc(Nc3ccc(C(N)=O)c(C)c3)ncc21. The van der Waals surface area contributed by atoms with E-state index in [-0.39, 0.29) is 5.91 Å². The number of anilines is 5. The largest absolute Gasteiger partial charge is 0.366 e. The molecule has 0 spiro atoms. The minimum absolute atomic E-state index is 0.0466. The van der Waals surface area contributed by atoms with Crippen LogP contribution in [-0.4, -0.2) is 34.9 Å². The quantitative estimate of drug-likeness (QED) is 0.637. The van der Waals surface area contributed by atoms with Crippen LogP contribution < -0.4 is 20.9 Å². The van der Waals surface area contributed by atoms with Crippen molar-refractivity contribution in [1.29, 1.82) is 0 Å². The molecule has 8 nitrogen and oxygen atoms in total. The Labute approximate surface area is 187 Å². The summed E-state index contributed by atoms with van der Waals surface area (Å²) >= 11 is 0. The monoisotopic (exact) mass is 430 g/mol. The average molecular weight is 431 g/mol. The molecule has 0 unspecified atom stereocenters. The van der Waals surface area contributed by atoms with E-state index in [1.807, 2.05) is 51.1 Å². The van der Waals surface area contributed by atoms with Crippen molar-refractivity contribution in [2.75, 3.05) is 28.2 Å². The molecule has 0 saturated carbocycles. The van der Waals surface area contributed by atoms with E-state index < -0.39 is 5.91 Å². The van der Waals surface area contributed by atoms with Gasteiger partial charge in [-0.05, 0) is 56.7 Å². The predicted molar refractivity (Wildman–Crippen MR) is 126 cm³/mol. The molecular formula is C24H26N6O2. The molecule has 2 heterocycles. The Morgan fingerprint density at radius 3 is 2.56 bits per heavy atom. The predicted octanol–water partition coefficient (Wildman–Crippen LogP) is 3.83. The highest BCUT2D eigenvalue weighted by Crippen LogP contribution is 2.36. The number of nitrogens with two attached hydrogens (primary N) is 1. The first-order chi connectivity index (χ1) is 15.4. The van der Waals surface area contributed by atoms with Crippen LogP contribution in [0.4, 0.5) is 28.8 Å². The number of amides is 2. The zero-order valence-electron chi connectivity index (χ0n) is 18.4. The first-order valence-corrected chi connectivity index (χ1v) is 10.6. The second-order valence-electron chi connectivity index (χ2n) is 7.80. The molecule has 2 aromatic carbocycles. The first-order valence-electron chi connectivity index (χ1n) is 10.6. The highest BCUT2D eigenvalue weighted by molar-refractivity contribution is 5.99. The number of benzene rings is 2. The van der Waals surface area contributed by atoms with Crippen LogP contribution in [0.2, 0.25) is 0 Å². The molecule has 0 fully saturated rings. The van der Waals surface area contributed by atoms with Crippen LogP contribution in [0.25, 0.3) is 0 Å². The molecule has 1 aromatic heterocycles. The molecule has 1 aliphatic rings. The number of fused-ring (bicyclic) bond motifs is 1. The summed E-state index contributed by atoms with van der Waals surface area (Å²) < 4.78 is 0. The number of primary amides is 1. The molecule has 0 radical (unpaired) electrons. The van der Waals surface area contributed by atoms with Crippen molar-refractivity contribution < 1.29 is 9.59 Å². The molecule has 8 heteroatoms. The second kappa shape index (κ2) is 8.66. The molecule has 32 heavy (non-hydrogen) atoms. The van der Waals surface area contributed by atoms with Crippen molar-refractivity contribution in [2.24, 2.45) is 5.73 Å². The van der Waals surface area contributed by atoms with E-state index in [9.17, 15) is 9.59 Å². The number of hydrogen-bond donors (Lipinski definition) is 2. The van der Waals surface area contributed by atoms with Gasteiger partial charge in [0.15, 0.2) is 5.82 Å². The van der Waals surface area contributed by atoms with Crippen molar-refractivity contribution >= 4 is 40.6 Å². The summed E-state index contributed by atoms with van der Waals surface area (Å²) in [6, 6.07) is 13.4. The molecule has 0 aliphatic carbocycles. The van der Waals surface area contributed by atoms with E-state index in [2.05, 4.69) is 15.2 Å². The van der Waals surface area contributed by atoms with E-state index >= 15 is 0 Å². The van der Waals surface area contributed by atoms with Gasteiger partial charge in [0.1, 0.15) is 5.69 Å².